The SMILES string of the molecule is NCc1cccc(CC(NC(=O)OCC2c3ccccc3-c3ccccc32)C(=O)O)c1. The highest BCUT2D eigenvalue weighted by Gasteiger charge is 2.29. The summed E-state index contributed by atoms with van der Waals surface area (Å²) in [5, 5.41) is 12.0. The van der Waals surface area contributed by atoms with Gasteiger partial charge in [-0.25, -0.2) is 9.59 Å². The number of aliphatic carboxylic acids is 1. The van der Waals surface area contributed by atoms with Crippen molar-refractivity contribution in [3.63, 3.8) is 0 Å². The molecule has 0 spiro atoms. The normalized spacial score (nSPS) is 13.2. The topological polar surface area (TPSA) is 102 Å². The van der Waals surface area contributed by atoms with Crippen LogP contribution in [0.25, 0.3) is 11.1 Å². The Morgan fingerprint density at radius 1 is 0.935 bits per heavy atom. The van der Waals surface area contributed by atoms with Gasteiger partial charge >= 0.3 is 12.1 Å². The number of carbonyl (C=O) groups is 2. The minimum absolute atomic E-state index is 0.0809. The molecule has 6 heteroatoms. The Kier molecular flexibility index (Phi) is 6.00. The molecule has 1 unspecified atom stereocenters. The summed E-state index contributed by atoms with van der Waals surface area (Å²) in [5.41, 5.74) is 11.8. The van der Waals surface area contributed by atoms with Crippen molar-refractivity contribution in [1.29, 1.82) is 0 Å². The summed E-state index contributed by atoms with van der Waals surface area (Å²) in [6.45, 7) is 0.500. The van der Waals surface area contributed by atoms with Gasteiger partial charge in [-0.05, 0) is 33.4 Å². The van der Waals surface area contributed by atoms with Crippen molar-refractivity contribution in [2.24, 2.45) is 5.73 Å². The van der Waals surface area contributed by atoms with Gasteiger partial charge in [0, 0.05) is 18.9 Å². The third-order valence-corrected chi connectivity index (χ3v) is 5.60. The summed E-state index contributed by atoms with van der Waals surface area (Å²) in [6.07, 6.45) is -0.600. The summed E-state index contributed by atoms with van der Waals surface area (Å²) < 4.78 is 5.47. The second kappa shape index (κ2) is 9.02. The molecule has 3 aromatic carbocycles. The number of carboxylic acids is 1. The van der Waals surface area contributed by atoms with Crippen LogP contribution in [-0.4, -0.2) is 29.8 Å². The maximum Gasteiger partial charge on any atom is 0.407 e. The average Bonchev–Trinajstić information content (AvgIpc) is 3.11. The van der Waals surface area contributed by atoms with Gasteiger partial charge in [0.15, 0.2) is 0 Å². The number of amides is 1. The summed E-state index contributed by atoms with van der Waals surface area (Å²) in [7, 11) is 0. The molecular formula is C25H24N2O4. The molecule has 0 heterocycles. The van der Waals surface area contributed by atoms with Crippen LogP contribution in [0.1, 0.15) is 28.2 Å². The molecule has 1 atom stereocenters. The van der Waals surface area contributed by atoms with Gasteiger partial charge in [0.05, 0.1) is 0 Å². The Hall–Kier alpha value is -3.64. The lowest BCUT2D eigenvalue weighted by atomic mass is 9.98. The molecule has 3 aromatic rings. The first kappa shape index (κ1) is 20.6. The maximum absolute atomic E-state index is 12.4. The van der Waals surface area contributed by atoms with Gasteiger partial charge in [0.2, 0.25) is 0 Å². The van der Waals surface area contributed by atoms with E-state index in [9.17, 15) is 14.7 Å². The number of fused-ring (bicyclic) bond motifs is 3. The zero-order valence-electron chi connectivity index (χ0n) is 17.0. The number of rotatable bonds is 7. The minimum atomic E-state index is -1.12. The van der Waals surface area contributed by atoms with E-state index in [2.05, 4.69) is 17.4 Å². The monoisotopic (exact) mass is 416 g/mol. The Balaban J connectivity index is 1.43. The Morgan fingerprint density at radius 3 is 2.16 bits per heavy atom. The number of carbonyl (C=O) groups excluding carboxylic acids is 1. The quantitative estimate of drug-likeness (QED) is 0.545. The van der Waals surface area contributed by atoms with Gasteiger partial charge in [-0.15, -0.1) is 0 Å². The number of alkyl carbamates (subject to hydrolysis) is 1. The molecule has 1 aliphatic rings. The van der Waals surface area contributed by atoms with Crippen molar-refractivity contribution >= 4 is 12.1 Å². The van der Waals surface area contributed by atoms with Crippen molar-refractivity contribution in [1.82, 2.24) is 5.32 Å². The first-order valence-corrected chi connectivity index (χ1v) is 10.2. The van der Waals surface area contributed by atoms with Crippen molar-refractivity contribution in [3.05, 3.63) is 95.1 Å². The largest absolute Gasteiger partial charge is 0.480 e. The lowest BCUT2D eigenvalue weighted by molar-refractivity contribution is -0.139. The molecule has 1 amide bonds. The number of ether oxygens (including phenoxy) is 1. The molecule has 0 saturated heterocycles. The van der Waals surface area contributed by atoms with E-state index < -0.39 is 18.1 Å². The van der Waals surface area contributed by atoms with Crippen LogP contribution in [-0.2, 0) is 22.5 Å². The van der Waals surface area contributed by atoms with E-state index in [1.165, 1.54) is 0 Å². The summed E-state index contributed by atoms with van der Waals surface area (Å²) in [6, 6.07) is 22.4. The maximum atomic E-state index is 12.4. The number of carboxylic acid groups (broad SMARTS) is 1. The number of hydrogen-bond donors (Lipinski definition) is 3. The van der Waals surface area contributed by atoms with E-state index in [4.69, 9.17) is 10.5 Å². The first-order valence-electron chi connectivity index (χ1n) is 10.2. The van der Waals surface area contributed by atoms with Crippen LogP contribution in [0.15, 0.2) is 72.8 Å². The van der Waals surface area contributed by atoms with Gasteiger partial charge in [-0.1, -0.05) is 72.8 Å². The van der Waals surface area contributed by atoms with Gasteiger partial charge in [-0.2, -0.15) is 0 Å². The third-order valence-electron chi connectivity index (χ3n) is 5.60. The molecule has 158 valence electrons. The van der Waals surface area contributed by atoms with E-state index in [1.807, 2.05) is 60.7 Å². The molecule has 31 heavy (non-hydrogen) atoms. The number of benzene rings is 3. The zero-order chi connectivity index (χ0) is 21.8. The molecule has 1 aliphatic carbocycles. The predicted molar refractivity (Wildman–Crippen MR) is 118 cm³/mol. The third kappa shape index (κ3) is 4.44. The number of hydrogen-bond acceptors (Lipinski definition) is 4. The second-order valence-corrected chi connectivity index (χ2v) is 7.59. The van der Waals surface area contributed by atoms with Crippen molar-refractivity contribution in [2.45, 2.75) is 24.9 Å². The van der Waals surface area contributed by atoms with Crippen molar-refractivity contribution < 1.29 is 19.4 Å². The van der Waals surface area contributed by atoms with E-state index >= 15 is 0 Å². The van der Waals surface area contributed by atoms with Gasteiger partial charge in [-0.3, -0.25) is 0 Å². The van der Waals surface area contributed by atoms with Gasteiger partial charge in [0.1, 0.15) is 12.6 Å². The highest BCUT2D eigenvalue weighted by molar-refractivity contribution is 5.81. The summed E-state index contributed by atoms with van der Waals surface area (Å²) in [5.74, 6) is -1.20. The van der Waals surface area contributed by atoms with Crippen LogP contribution in [0.2, 0.25) is 0 Å². The lowest BCUT2D eigenvalue weighted by Gasteiger charge is -2.18. The highest BCUT2D eigenvalue weighted by Crippen LogP contribution is 2.44. The highest BCUT2D eigenvalue weighted by atomic mass is 16.5. The van der Waals surface area contributed by atoms with Crippen LogP contribution in [0, 0.1) is 0 Å². The molecule has 6 nitrogen and oxygen atoms in total. The van der Waals surface area contributed by atoms with E-state index in [-0.39, 0.29) is 18.9 Å². The van der Waals surface area contributed by atoms with E-state index in [1.54, 1.807) is 0 Å². The molecule has 0 bridgehead atoms. The first-order chi connectivity index (χ1) is 15.1. The van der Waals surface area contributed by atoms with Crippen LogP contribution in [0.3, 0.4) is 0 Å². The van der Waals surface area contributed by atoms with Crippen LogP contribution in [0.5, 0.6) is 0 Å². The Bertz CT molecular complexity index is 1070. The fraction of sp³-hybridized carbons (Fsp3) is 0.200. The average molecular weight is 416 g/mol. The van der Waals surface area contributed by atoms with E-state index in [0.29, 0.717) is 6.54 Å². The van der Waals surface area contributed by atoms with Gasteiger partial charge in [0.25, 0.3) is 0 Å². The van der Waals surface area contributed by atoms with E-state index in [0.717, 1.165) is 33.4 Å². The summed E-state index contributed by atoms with van der Waals surface area (Å²) in [4.78, 5) is 24.1. The fourth-order valence-corrected chi connectivity index (χ4v) is 4.10. The molecule has 0 saturated carbocycles. The van der Waals surface area contributed by atoms with Crippen LogP contribution >= 0.6 is 0 Å². The molecule has 0 fully saturated rings. The van der Waals surface area contributed by atoms with Crippen molar-refractivity contribution in [3.8, 4) is 11.1 Å². The molecule has 0 aliphatic heterocycles. The van der Waals surface area contributed by atoms with Crippen LogP contribution < -0.4 is 11.1 Å². The standard InChI is InChI=1S/C25H24N2O4/c26-14-17-7-5-6-16(12-17)13-23(24(28)29)27-25(30)31-15-22-20-10-3-1-8-18(20)19-9-2-4-11-21(19)22/h1-12,22-23H,13-15,26H2,(H,27,30)(H,28,29). The van der Waals surface area contributed by atoms with Gasteiger partial charge < -0.3 is 20.9 Å². The molecular weight excluding hydrogens is 392 g/mol. The lowest BCUT2D eigenvalue weighted by Crippen LogP contribution is -2.42. The molecule has 4 rings (SSSR count). The number of nitrogens with one attached hydrogen (secondary N) is 1. The Morgan fingerprint density at radius 2 is 1.55 bits per heavy atom. The molecule has 0 aromatic heterocycles. The Labute approximate surface area is 180 Å². The predicted octanol–water partition coefficient (Wildman–Crippen LogP) is 3.68. The number of nitrogens with two attached hydrogens (primary N) is 1. The smallest absolute Gasteiger partial charge is 0.407 e. The fourth-order valence-electron chi connectivity index (χ4n) is 4.10. The molecule has 0 radical (unpaired) electrons. The second-order valence-electron chi connectivity index (χ2n) is 7.59. The molecule has 4 N–H and O–H groups in total. The summed E-state index contributed by atoms with van der Waals surface area (Å²) >= 11 is 0. The van der Waals surface area contributed by atoms with Crippen molar-refractivity contribution in [2.75, 3.05) is 6.61 Å². The minimum Gasteiger partial charge on any atom is -0.480 e. The van der Waals surface area contributed by atoms with Crippen LogP contribution in [0.4, 0.5) is 4.79 Å². The zero-order valence-corrected chi connectivity index (χ0v) is 17.0.